The lowest BCUT2D eigenvalue weighted by molar-refractivity contribution is 0.197. The van der Waals surface area contributed by atoms with Gasteiger partial charge in [-0.2, -0.15) is 0 Å². The number of ether oxygens (including phenoxy) is 1. The van der Waals surface area contributed by atoms with E-state index in [-0.39, 0.29) is 0 Å². The maximum Gasteiger partial charge on any atom is 0.147 e. The molecule has 2 aliphatic heterocycles. The van der Waals surface area contributed by atoms with E-state index in [9.17, 15) is 0 Å². The number of likely N-dealkylation sites (tertiary alicyclic amines) is 1. The Hall–Kier alpha value is -1.34. The highest BCUT2D eigenvalue weighted by molar-refractivity contribution is 6.35. The van der Waals surface area contributed by atoms with Crippen molar-refractivity contribution in [2.24, 2.45) is 0 Å². The highest BCUT2D eigenvalue weighted by Gasteiger charge is 2.27. The van der Waals surface area contributed by atoms with Crippen LogP contribution in [-0.2, 0) is 19.6 Å². The summed E-state index contributed by atoms with van der Waals surface area (Å²) in [6, 6.07) is 3.67. The van der Waals surface area contributed by atoms with Gasteiger partial charge in [0.05, 0.1) is 18.7 Å². The molecular weight excluding hydrogens is 373 g/mol. The van der Waals surface area contributed by atoms with Crippen LogP contribution in [0, 0.1) is 0 Å². The van der Waals surface area contributed by atoms with Crippen LogP contribution in [0.25, 0.3) is 0 Å². The average molecular weight is 396 g/mol. The van der Waals surface area contributed by atoms with Gasteiger partial charge in [0.25, 0.3) is 0 Å². The molecule has 6 nitrogen and oxygen atoms in total. The molecule has 0 saturated carbocycles. The van der Waals surface area contributed by atoms with Crippen molar-refractivity contribution in [3.63, 3.8) is 0 Å². The molecule has 2 aromatic rings. The van der Waals surface area contributed by atoms with E-state index in [0.29, 0.717) is 16.0 Å². The molecule has 1 N–H and O–H groups in total. The molecule has 1 fully saturated rings. The normalized spacial score (nSPS) is 18.7. The first kappa shape index (κ1) is 18.0. The minimum Gasteiger partial charge on any atom is -0.495 e. The van der Waals surface area contributed by atoms with E-state index < -0.39 is 0 Å². The number of rotatable bonds is 4. The predicted molar refractivity (Wildman–Crippen MR) is 102 cm³/mol. The topological polar surface area (TPSA) is 55.2 Å². The van der Waals surface area contributed by atoms with Crippen LogP contribution in [0.4, 0.5) is 0 Å². The Labute approximate surface area is 163 Å². The Morgan fingerprint density at radius 1 is 1.19 bits per heavy atom. The standard InChI is InChI=1S/C18H23Cl2N5O/c1-26-17-13(8-14(19)9-15(17)20)11-24-5-2-12(3-6-24)18-23-22-16-10-21-4-7-25(16)18/h8-9,12,21H,2-7,10-11H2,1H3. The molecular formula is C18H23Cl2N5O. The Morgan fingerprint density at radius 3 is 2.77 bits per heavy atom. The maximum atomic E-state index is 6.26. The molecule has 4 rings (SSSR count). The largest absolute Gasteiger partial charge is 0.495 e. The minimum atomic E-state index is 0.482. The lowest BCUT2D eigenvalue weighted by atomic mass is 9.95. The number of halogens is 2. The Morgan fingerprint density at radius 2 is 2.00 bits per heavy atom. The van der Waals surface area contributed by atoms with Gasteiger partial charge in [0.2, 0.25) is 0 Å². The van der Waals surface area contributed by atoms with E-state index in [1.807, 2.05) is 6.07 Å². The first-order valence-corrected chi connectivity index (χ1v) is 9.78. The minimum absolute atomic E-state index is 0.482. The SMILES string of the molecule is COc1c(Cl)cc(Cl)cc1CN1CCC(c2nnc3n2CCNC3)CC1. The molecule has 1 aromatic carbocycles. The molecule has 0 bridgehead atoms. The average Bonchev–Trinajstić information content (AvgIpc) is 3.06. The second kappa shape index (κ2) is 7.72. The monoisotopic (exact) mass is 395 g/mol. The number of fused-ring (bicyclic) bond motifs is 1. The highest BCUT2D eigenvalue weighted by Crippen LogP contribution is 2.34. The fourth-order valence-corrected chi connectivity index (χ4v) is 4.58. The fourth-order valence-electron chi connectivity index (χ4n) is 3.97. The van der Waals surface area contributed by atoms with Crippen LogP contribution in [0.2, 0.25) is 10.0 Å². The first-order chi connectivity index (χ1) is 12.7. The number of hydrogen-bond donors (Lipinski definition) is 1. The van der Waals surface area contributed by atoms with Gasteiger partial charge >= 0.3 is 0 Å². The summed E-state index contributed by atoms with van der Waals surface area (Å²) in [6.45, 7) is 5.60. The van der Waals surface area contributed by atoms with E-state index in [4.69, 9.17) is 27.9 Å². The van der Waals surface area contributed by atoms with Gasteiger partial charge < -0.3 is 14.6 Å². The van der Waals surface area contributed by atoms with Gasteiger partial charge in [-0.1, -0.05) is 23.2 Å². The molecule has 0 amide bonds. The van der Waals surface area contributed by atoms with Crippen LogP contribution in [0.1, 0.15) is 36.0 Å². The molecule has 8 heteroatoms. The Balaban J connectivity index is 1.42. The van der Waals surface area contributed by atoms with Gasteiger partial charge in [-0.15, -0.1) is 10.2 Å². The summed E-state index contributed by atoms with van der Waals surface area (Å²) in [7, 11) is 1.65. The van der Waals surface area contributed by atoms with Crippen LogP contribution < -0.4 is 10.1 Å². The van der Waals surface area contributed by atoms with Crippen LogP contribution in [0.5, 0.6) is 5.75 Å². The molecule has 0 aliphatic carbocycles. The quantitative estimate of drug-likeness (QED) is 0.861. The summed E-state index contributed by atoms with van der Waals surface area (Å²) in [5, 5.41) is 13.4. The molecule has 140 valence electrons. The van der Waals surface area contributed by atoms with Crippen LogP contribution >= 0.6 is 23.2 Å². The van der Waals surface area contributed by atoms with Crippen LogP contribution in [-0.4, -0.2) is 46.4 Å². The number of aromatic nitrogens is 3. The number of nitrogens with zero attached hydrogens (tertiary/aromatic N) is 4. The fraction of sp³-hybridized carbons (Fsp3) is 0.556. The highest BCUT2D eigenvalue weighted by atomic mass is 35.5. The van der Waals surface area contributed by atoms with Crippen molar-refractivity contribution in [3.8, 4) is 5.75 Å². The number of piperidine rings is 1. The molecule has 26 heavy (non-hydrogen) atoms. The van der Waals surface area contributed by atoms with E-state index >= 15 is 0 Å². The summed E-state index contributed by atoms with van der Waals surface area (Å²) in [5.74, 6) is 3.42. The van der Waals surface area contributed by atoms with Gasteiger partial charge in [0, 0.05) is 36.1 Å². The predicted octanol–water partition coefficient (Wildman–Crippen LogP) is 3.08. The first-order valence-electron chi connectivity index (χ1n) is 9.02. The second-order valence-electron chi connectivity index (χ2n) is 6.93. The molecule has 2 aliphatic rings. The lowest BCUT2D eigenvalue weighted by Crippen LogP contribution is -2.34. The van der Waals surface area contributed by atoms with Crippen LogP contribution in [0.15, 0.2) is 12.1 Å². The third-order valence-corrected chi connectivity index (χ3v) is 5.79. The van der Waals surface area contributed by atoms with Crippen molar-refractivity contribution < 1.29 is 4.74 Å². The van der Waals surface area contributed by atoms with Gasteiger partial charge in [0.15, 0.2) is 0 Å². The zero-order valence-corrected chi connectivity index (χ0v) is 16.4. The van der Waals surface area contributed by atoms with Gasteiger partial charge in [-0.3, -0.25) is 4.90 Å². The smallest absolute Gasteiger partial charge is 0.147 e. The summed E-state index contributed by atoms with van der Waals surface area (Å²) < 4.78 is 7.77. The third kappa shape index (κ3) is 3.56. The Kier molecular flexibility index (Phi) is 5.36. The molecule has 1 aromatic heterocycles. The van der Waals surface area contributed by atoms with E-state index in [2.05, 4.69) is 25.0 Å². The summed E-state index contributed by atoms with van der Waals surface area (Å²) >= 11 is 12.4. The molecule has 1 saturated heterocycles. The molecule has 0 unspecified atom stereocenters. The van der Waals surface area contributed by atoms with Gasteiger partial charge in [-0.25, -0.2) is 0 Å². The number of nitrogens with one attached hydrogen (secondary N) is 1. The number of hydrogen-bond acceptors (Lipinski definition) is 5. The Bertz CT molecular complexity index is 786. The molecule has 3 heterocycles. The molecule has 0 atom stereocenters. The zero-order valence-electron chi connectivity index (χ0n) is 14.8. The zero-order chi connectivity index (χ0) is 18.1. The van der Waals surface area contributed by atoms with Crippen molar-refractivity contribution >= 4 is 23.2 Å². The number of benzene rings is 1. The number of methoxy groups -OCH3 is 1. The van der Waals surface area contributed by atoms with Crippen molar-refractivity contribution in [2.45, 2.75) is 38.4 Å². The molecule has 0 radical (unpaired) electrons. The van der Waals surface area contributed by atoms with E-state index in [1.165, 1.54) is 0 Å². The molecule has 0 spiro atoms. The second-order valence-corrected chi connectivity index (χ2v) is 7.78. The van der Waals surface area contributed by atoms with E-state index in [0.717, 1.165) is 75.1 Å². The summed E-state index contributed by atoms with van der Waals surface area (Å²) in [6.07, 6.45) is 2.17. The van der Waals surface area contributed by atoms with Crippen LogP contribution in [0.3, 0.4) is 0 Å². The summed E-state index contributed by atoms with van der Waals surface area (Å²) in [5.41, 5.74) is 1.04. The van der Waals surface area contributed by atoms with Crippen molar-refractivity contribution in [3.05, 3.63) is 39.4 Å². The van der Waals surface area contributed by atoms with E-state index in [1.54, 1.807) is 13.2 Å². The van der Waals surface area contributed by atoms with Crippen molar-refractivity contribution in [1.29, 1.82) is 0 Å². The summed E-state index contributed by atoms with van der Waals surface area (Å²) in [4.78, 5) is 2.43. The third-order valence-electron chi connectivity index (χ3n) is 5.29. The van der Waals surface area contributed by atoms with Crippen molar-refractivity contribution in [2.75, 3.05) is 26.7 Å². The maximum absolute atomic E-state index is 6.26. The lowest BCUT2D eigenvalue weighted by Gasteiger charge is -2.32. The van der Waals surface area contributed by atoms with Gasteiger partial charge in [0.1, 0.15) is 17.4 Å². The van der Waals surface area contributed by atoms with Crippen molar-refractivity contribution in [1.82, 2.24) is 25.0 Å². The van der Waals surface area contributed by atoms with Gasteiger partial charge in [-0.05, 0) is 38.1 Å².